The van der Waals surface area contributed by atoms with E-state index in [1.165, 1.54) is 0 Å². The fraction of sp³-hybridized carbons (Fsp3) is 0.167. The second kappa shape index (κ2) is 4.61. The fourth-order valence-corrected chi connectivity index (χ4v) is 2.47. The molecule has 0 amide bonds. The number of hydrogen-bond donors (Lipinski definition) is 0. The maximum atomic E-state index is 12.8. The Hall–Kier alpha value is -1.56. The summed E-state index contributed by atoms with van der Waals surface area (Å²) in [6.45, 7) is 3.19. The molecule has 0 spiro atoms. The van der Waals surface area contributed by atoms with E-state index < -0.39 is 16.7 Å². The first-order chi connectivity index (χ1) is 8.39. The molecule has 18 heavy (non-hydrogen) atoms. The van der Waals surface area contributed by atoms with E-state index in [4.69, 9.17) is 0 Å². The Kier molecular flexibility index (Phi) is 3.30. The van der Waals surface area contributed by atoms with E-state index in [9.17, 15) is 18.0 Å². The average Bonchev–Trinajstić information content (AvgIpc) is 2.54. The summed E-state index contributed by atoms with van der Waals surface area (Å²) in [5.74, 6) is 0. The lowest BCUT2D eigenvalue weighted by atomic mass is 10.2. The summed E-state index contributed by atoms with van der Waals surface area (Å²) in [5.41, 5.74) is -0.316. The van der Waals surface area contributed by atoms with E-state index in [0.29, 0.717) is 16.9 Å². The number of thiazole rings is 1. The molecule has 1 aromatic carbocycles. The zero-order valence-corrected chi connectivity index (χ0v) is 10.0. The van der Waals surface area contributed by atoms with Crippen LogP contribution in [0.1, 0.15) is 16.1 Å². The molecular weight excluding hydrogens is 263 g/mol. The Morgan fingerprint density at radius 3 is 2.39 bits per heavy atom. The maximum absolute atomic E-state index is 12.8. The number of alkyl halides is 3. The van der Waals surface area contributed by atoms with Crippen LogP contribution in [0.15, 0.2) is 35.1 Å². The molecule has 0 N–H and O–H groups in total. The van der Waals surface area contributed by atoms with Gasteiger partial charge in [-0.05, 0) is 12.5 Å². The molecule has 2 aromatic rings. The monoisotopic (exact) mass is 272 g/mol. The van der Waals surface area contributed by atoms with Gasteiger partial charge in [0.2, 0.25) is 0 Å². The minimum Gasteiger partial charge on any atom is -0.290 e. The predicted octanol–water partition coefficient (Wildman–Crippen LogP) is 3.16. The van der Waals surface area contributed by atoms with E-state index in [1.807, 2.05) is 0 Å². The molecular formula is C12H9F3NOS. The van der Waals surface area contributed by atoms with Crippen LogP contribution in [-0.2, 0) is 12.7 Å². The van der Waals surface area contributed by atoms with Gasteiger partial charge in [0.15, 0.2) is 0 Å². The van der Waals surface area contributed by atoms with Gasteiger partial charge in [-0.1, -0.05) is 41.7 Å². The number of benzene rings is 1. The molecule has 2 rings (SSSR count). The Balaban J connectivity index is 2.49. The first kappa shape index (κ1) is 12.9. The molecule has 0 fully saturated rings. The van der Waals surface area contributed by atoms with Gasteiger partial charge in [0.05, 0.1) is 6.54 Å². The van der Waals surface area contributed by atoms with Crippen molar-refractivity contribution >= 4 is 11.3 Å². The molecule has 1 radical (unpaired) electrons. The molecule has 2 nitrogen and oxygen atoms in total. The lowest BCUT2D eigenvalue weighted by Gasteiger charge is -2.11. The van der Waals surface area contributed by atoms with E-state index in [2.05, 4.69) is 6.92 Å². The van der Waals surface area contributed by atoms with Crippen molar-refractivity contribution in [3.05, 3.63) is 63.1 Å². The van der Waals surface area contributed by atoms with Crippen LogP contribution < -0.4 is 4.87 Å². The van der Waals surface area contributed by atoms with Gasteiger partial charge >= 0.3 is 11.0 Å². The quantitative estimate of drug-likeness (QED) is 0.823. The van der Waals surface area contributed by atoms with Crippen LogP contribution in [0.4, 0.5) is 13.2 Å². The van der Waals surface area contributed by atoms with Crippen LogP contribution in [0, 0.1) is 6.92 Å². The van der Waals surface area contributed by atoms with Crippen LogP contribution in [-0.4, -0.2) is 4.57 Å². The smallest absolute Gasteiger partial charge is 0.290 e. The number of hydrogen-bond acceptors (Lipinski definition) is 2. The van der Waals surface area contributed by atoms with Crippen molar-refractivity contribution in [1.82, 2.24) is 4.57 Å². The van der Waals surface area contributed by atoms with Crippen molar-refractivity contribution in [1.29, 1.82) is 0 Å². The maximum Gasteiger partial charge on any atom is 0.432 e. The van der Waals surface area contributed by atoms with Gasteiger partial charge in [-0.3, -0.25) is 9.36 Å². The number of rotatable bonds is 2. The van der Waals surface area contributed by atoms with Crippen molar-refractivity contribution in [3.8, 4) is 0 Å². The van der Waals surface area contributed by atoms with Gasteiger partial charge in [-0.25, -0.2) is 0 Å². The zero-order chi connectivity index (χ0) is 13.3. The second-order valence-corrected chi connectivity index (χ2v) is 4.76. The lowest BCUT2D eigenvalue weighted by Crippen LogP contribution is -2.22. The highest BCUT2D eigenvalue weighted by Gasteiger charge is 2.37. The molecule has 1 heterocycles. The van der Waals surface area contributed by atoms with E-state index in [1.54, 1.807) is 30.3 Å². The average molecular weight is 272 g/mol. The molecule has 1 aromatic heterocycles. The van der Waals surface area contributed by atoms with Crippen LogP contribution in [0.2, 0.25) is 0 Å². The lowest BCUT2D eigenvalue weighted by molar-refractivity contribution is -0.143. The molecule has 95 valence electrons. The van der Waals surface area contributed by atoms with Crippen LogP contribution >= 0.6 is 11.3 Å². The van der Waals surface area contributed by atoms with E-state index in [0.717, 1.165) is 4.57 Å². The molecule has 0 saturated heterocycles. The fourth-order valence-electron chi connectivity index (χ4n) is 1.67. The summed E-state index contributed by atoms with van der Waals surface area (Å²) < 4.78 is 39.2. The second-order valence-electron chi connectivity index (χ2n) is 3.71. The van der Waals surface area contributed by atoms with Gasteiger partial charge in [0.25, 0.3) is 0 Å². The largest absolute Gasteiger partial charge is 0.432 e. The summed E-state index contributed by atoms with van der Waals surface area (Å²) in [5, 5.41) is 0. The highest BCUT2D eigenvalue weighted by molar-refractivity contribution is 7.09. The number of aromatic nitrogens is 1. The molecule has 0 aliphatic carbocycles. The highest BCUT2D eigenvalue weighted by atomic mass is 32.1. The molecule has 6 heteroatoms. The number of nitrogens with zero attached hydrogens (tertiary/aromatic N) is 1. The van der Waals surface area contributed by atoms with Crippen molar-refractivity contribution in [2.75, 3.05) is 0 Å². The van der Waals surface area contributed by atoms with Crippen LogP contribution in [0.5, 0.6) is 0 Å². The third kappa shape index (κ3) is 2.48. The minimum absolute atomic E-state index is 0.0967. The third-order valence-corrected chi connectivity index (χ3v) is 3.25. The minimum atomic E-state index is -4.56. The van der Waals surface area contributed by atoms with Gasteiger partial charge in [-0.15, -0.1) is 0 Å². The summed E-state index contributed by atoms with van der Waals surface area (Å²) in [6.07, 6.45) is -4.56. The summed E-state index contributed by atoms with van der Waals surface area (Å²) in [7, 11) is 0. The zero-order valence-electron chi connectivity index (χ0n) is 9.20. The molecule has 0 saturated carbocycles. The summed E-state index contributed by atoms with van der Waals surface area (Å²) in [4.78, 5) is 10.7. The number of halogens is 3. The molecule has 0 bridgehead atoms. The Labute approximate surface area is 105 Å². The van der Waals surface area contributed by atoms with Crippen LogP contribution in [0.25, 0.3) is 0 Å². The first-order valence-corrected chi connectivity index (χ1v) is 5.88. The third-order valence-electron chi connectivity index (χ3n) is 2.42. The van der Waals surface area contributed by atoms with Crippen molar-refractivity contribution in [2.45, 2.75) is 12.7 Å². The Morgan fingerprint density at radius 2 is 1.83 bits per heavy atom. The van der Waals surface area contributed by atoms with Gasteiger partial charge in [0.1, 0.15) is 5.69 Å². The Bertz CT molecular complexity index is 598. The predicted molar refractivity (Wildman–Crippen MR) is 63.6 cm³/mol. The molecule has 0 unspecified atom stereocenters. The Morgan fingerprint density at radius 1 is 1.22 bits per heavy atom. The molecule has 0 aliphatic heterocycles. The summed E-state index contributed by atoms with van der Waals surface area (Å²) >= 11 is 0.518. The van der Waals surface area contributed by atoms with Gasteiger partial charge in [-0.2, -0.15) is 13.2 Å². The van der Waals surface area contributed by atoms with Crippen LogP contribution in [0.3, 0.4) is 0 Å². The van der Waals surface area contributed by atoms with Crippen molar-refractivity contribution < 1.29 is 13.2 Å². The highest BCUT2D eigenvalue weighted by Crippen LogP contribution is 2.32. The first-order valence-electron chi connectivity index (χ1n) is 5.06. The SMILES string of the molecule is [CH2]c1sc(=O)n(Cc2ccccc2)c1C(F)(F)F. The van der Waals surface area contributed by atoms with Gasteiger partial charge in [0, 0.05) is 4.88 Å². The topological polar surface area (TPSA) is 22.0 Å². The van der Waals surface area contributed by atoms with E-state index in [-0.39, 0.29) is 11.4 Å². The van der Waals surface area contributed by atoms with E-state index >= 15 is 0 Å². The van der Waals surface area contributed by atoms with Crippen molar-refractivity contribution in [3.63, 3.8) is 0 Å². The summed E-state index contributed by atoms with van der Waals surface area (Å²) in [6, 6.07) is 8.54. The standard InChI is InChI=1S/C12H9F3NOS/c1-8-10(12(13,14)15)16(11(17)18-8)7-9-5-3-2-4-6-9/h2-6H,1,7H2. The van der Waals surface area contributed by atoms with Crippen molar-refractivity contribution in [2.24, 2.45) is 0 Å². The molecule has 0 aliphatic rings. The normalized spacial score (nSPS) is 11.8. The molecule has 0 atom stereocenters. The van der Waals surface area contributed by atoms with Gasteiger partial charge < -0.3 is 0 Å².